The summed E-state index contributed by atoms with van der Waals surface area (Å²) in [5, 5.41) is 22.7. The van der Waals surface area contributed by atoms with Crippen LogP contribution >= 0.6 is 23.4 Å². The van der Waals surface area contributed by atoms with E-state index in [0.717, 1.165) is 11.1 Å². The molecule has 8 nitrogen and oxygen atoms in total. The molecule has 0 aromatic heterocycles. The van der Waals surface area contributed by atoms with Crippen LogP contribution in [0.15, 0.2) is 52.5 Å². The van der Waals surface area contributed by atoms with Crippen molar-refractivity contribution < 1.29 is 29.0 Å². The lowest BCUT2D eigenvalue weighted by Crippen LogP contribution is -2.53. The number of alkyl halides is 1. The molecule has 0 unspecified atom stereocenters. The molecule has 4 rings (SSSR count). The van der Waals surface area contributed by atoms with Crippen molar-refractivity contribution in [3.63, 3.8) is 0 Å². The predicted molar refractivity (Wildman–Crippen MR) is 123 cm³/mol. The number of ketones is 1. The van der Waals surface area contributed by atoms with E-state index in [1.54, 1.807) is 18.2 Å². The third-order valence-corrected chi connectivity index (χ3v) is 9.19. The minimum atomic E-state index is -1.51. The number of aliphatic hydroxyl groups is 1. The summed E-state index contributed by atoms with van der Waals surface area (Å²) in [4.78, 5) is 23.9. The Morgan fingerprint density at radius 3 is 2.67 bits per heavy atom. The second kappa shape index (κ2) is 8.48. The van der Waals surface area contributed by atoms with Crippen molar-refractivity contribution in [2.75, 3.05) is 20.1 Å². The van der Waals surface area contributed by atoms with E-state index in [2.05, 4.69) is 6.58 Å². The van der Waals surface area contributed by atoms with Crippen LogP contribution in [-0.4, -0.2) is 64.3 Å². The van der Waals surface area contributed by atoms with Crippen LogP contribution in [0.2, 0.25) is 0 Å². The lowest BCUT2D eigenvalue weighted by Gasteiger charge is -2.45. The van der Waals surface area contributed by atoms with Crippen molar-refractivity contribution in [2.24, 2.45) is 0 Å². The van der Waals surface area contributed by atoms with E-state index < -0.39 is 33.3 Å². The molecule has 1 fully saturated rings. The summed E-state index contributed by atoms with van der Waals surface area (Å²) in [5.41, 5.74) is -0.499. The molecule has 1 saturated heterocycles. The zero-order chi connectivity index (χ0) is 24.2. The fraction of sp³-hybridized carbons (Fsp3) is 0.522. The molecule has 2 heterocycles. The van der Waals surface area contributed by atoms with Crippen LogP contribution in [0.1, 0.15) is 26.2 Å². The maximum atomic E-state index is 12.3. The highest BCUT2D eigenvalue weighted by atomic mass is 35.5. The fourth-order valence-electron chi connectivity index (χ4n) is 5.36. The maximum absolute atomic E-state index is 12.3. The lowest BCUT2D eigenvalue weighted by molar-refractivity contribution is -0.387. The first kappa shape index (κ1) is 24.4. The number of methoxy groups -OCH3 is 2. The number of Topliss-reactive ketones (excluding diaryl/α,β-unsaturated/α-hetero) is 1. The number of hydrogen-bond donors (Lipinski definition) is 1. The smallest absolute Gasteiger partial charge is 0.282 e. The van der Waals surface area contributed by atoms with E-state index in [1.165, 1.54) is 39.0 Å². The number of halogens is 1. The van der Waals surface area contributed by atoms with Crippen LogP contribution < -0.4 is 0 Å². The number of carbonyl (C=O) groups excluding carboxylic acids is 1. The Morgan fingerprint density at radius 2 is 2.09 bits per heavy atom. The van der Waals surface area contributed by atoms with Crippen LogP contribution in [0.3, 0.4) is 0 Å². The molecule has 178 valence electrons. The molecule has 1 N–H and O–H groups in total. The molecule has 2 bridgehead atoms. The normalized spacial score (nSPS) is 33.0. The third kappa shape index (κ3) is 3.32. The maximum Gasteiger partial charge on any atom is 0.282 e. The van der Waals surface area contributed by atoms with Gasteiger partial charge in [0, 0.05) is 32.6 Å². The van der Waals surface area contributed by atoms with Gasteiger partial charge in [0.25, 0.3) is 5.69 Å². The lowest BCUT2D eigenvalue weighted by atomic mass is 9.65. The van der Waals surface area contributed by atoms with Gasteiger partial charge < -0.3 is 19.3 Å². The molecule has 0 radical (unpaired) electrons. The highest BCUT2D eigenvalue weighted by Crippen LogP contribution is 2.66. The van der Waals surface area contributed by atoms with Crippen molar-refractivity contribution in [1.82, 2.24) is 0 Å². The topological polar surface area (TPSA) is 108 Å². The Bertz CT molecular complexity index is 1060. The van der Waals surface area contributed by atoms with E-state index in [0.29, 0.717) is 16.9 Å². The minimum absolute atomic E-state index is 0.0321. The zero-order valence-electron chi connectivity index (χ0n) is 18.6. The second-order valence-electron chi connectivity index (χ2n) is 8.63. The number of fused-ring (bicyclic) bond motifs is 4. The number of nitro groups is 1. The van der Waals surface area contributed by atoms with Gasteiger partial charge in [0.15, 0.2) is 17.7 Å². The Kier molecular flexibility index (Phi) is 6.26. The summed E-state index contributed by atoms with van der Waals surface area (Å²) in [6, 6.07) is 6.42. The van der Waals surface area contributed by atoms with Gasteiger partial charge in [-0.2, -0.15) is 0 Å². The third-order valence-electron chi connectivity index (χ3n) is 7.08. The van der Waals surface area contributed by atoms with Crippen LogP contribution in [0, 0.1) is 10.1 Å². The molecule has 2 aliphatic heterocycles. The highest BCUT2D eigenvalue weighted by molar-refractivity contribution is 8.01. The molecule has 0 spiro atoms. The van der Waals surface area contributed by atoms with E-state index in [-0.39, 0.29) is 30.2 Å². The van der Waals surface area contributed by atoms with Gasteiger partial charge in [-0.1, -0.05) is 18.7 Å². The SMILES string of the molecule is C=C1[C@]2(C(OC)OC)O[C@@H](C3=C2CC[C@](O)(C(C)=O)C3)[C@]1(CCl)Sc1ccccc1[N+](=O)[O-]. The van der Waals surface area contributed by atoms with E-state index in [4.69, 9.17) is 25.8 Å². The summed E-state index contributed by atoms with van der Waals surface area (Å²) in [6.45, 7) is 5.73. The Labute approximate surface area is 201 Å². The van der Waals surface area contributed by atoms with Crippen molar-refractivity contribution >= 4 is 34.8 Å². The molecule has 10 heteroatoms. The van der Waals surface area contributed by atoms with Gasteiger partial charge in [0.1, 0.15) is 11.7 Å². The van der Waals surface area contributed by atoms with E-state index in [1.807, 2.05) is 0 Å². The summed E-state index contributed by atoms with van der Waals surface area (Å²) in [5.74, 6) is -0.285. The largest absolute Gasteiger partial charge is 0.382 e. The molecule has 1 aliphatic carbocycles. The quantitative estimate of drug-likeness (QED) is 0.191. The number of ether oxygens (including phenoxy) is 3. The van der Waals surface area contributed by atoms with Gasteiger partial charge in [-0.05, 0) is 42.6 Å². The van der Waals surface area contributed by atoms with Crippen molar-refractivity contribution in [2.45, 2.75) is 59.4 Å². The van der Waals surface area contributed by atoms with Gasteiger partial charge >= 0.3 is 0 Å². The molecule has 3 aliphatic rings. The summed E-state index contributed by atoms with van der Waals surface area (Å²) in [7, 11) is 3.00. The zero-order valence-corrected chi connectivity index (χ0v) is 20.2. The van der Waals surface area contributed by atoms with Gasteiger partial charge in [0.2, 0.25) is 0 Å². The van der Waals surface area contributed by atoms with Gasteiger partial charge in [-0.25, -0.2) is 0 Å². The molecular weight excluding hydrogens is 470 g/mol. The Balaban J connectivity index is 1.88. The van der Waals surface area contributed by atoms with Crippen LogP contribution in [0.4, 0.5) is 5.69 Å². The monoisotopic (exact) mass is 495 g/mol. The Morgan fingerprint density at radius 1 is 1.42 bits per heavy atom. The summed E-state index contributed by atoms with van der Waals surface area (Å²) < 4.78 is 16.9. The van der Waals surface area contributed by atoms with Crippen molar-refractivity contribution in [3.8, 4) is 0 Å². The highest BCUT2D eigenvalue weighted by Gasteiger charge is 2.71. The standard InChI is InChI=1S/C23H26ClNO7S/c1-13-22(12-24,33-18-8-6-5-7-17(18)25(28)29)19-15-11-21(27,14(2)26)10-9-16(15)23(13,32-19)20(30-3)31-4/h5-8,19-20,27H,1,9-12H2,2-4H3/t19-,21+,22+,23-/m0/s1. The average molecular weight is 496 g/mol. The number of hydrogen-bond acceptors (Lipinski definition) is 8. The summed E-state index contributed by atoms with van der Waals surface area (Å²) >= 11 is 7.80. The molecular formula is C23H26ClNO7S. The second-order valence-corrected chi connectivity index (χ2v) is 10.3. The molecule has 1 aromatic rings. The molecule has 1 aromatic carbocycles. The fourth-order valence-corrected chi connectivity index (χ4v) is 7.24. The number of carbonyl (C=O) groups is 1. The minimum Gasteiger partial charge on any atom is -0.382 e. The average Bonchev–Trinajstić information content (AvgIpc) is 3.25. The van der Waals surface area contributed by atoms with E-state index >= 15 is 0 Å². The number of nitro benzene ring substituents is 1. The number of thioether (sulfide) groups is 1. The summed E-state index contributed by atoms with van der Waals surface area (Å²) in [6.07, 6.45) is -0.773. The predicted octanol–water partition coefficient (Wildman–Crippen LogP) is 3.79. The molecule has 0 saturated carbocycles. The van der Waals surface area contributed by atoms with Gasteiger partial charge in [-0.15, -0.1) is 23.4 Å². The molecule has 0 amide bonds. The number of nitrogens with zero attached hydrogens (tertiary/aromatic N) is 1. The van der Waals surface area contributed by atoms with Crippen molar-refractivity contribution in [3.05, 3.63) is 57.7 Å². The van der Waals surface area contributed by atoms with E-state index in [9.17, 15) is 20.0 Å². The van der Waals surface area contributed by atoms with Crippen molar-refractivity contribution in [1.29, 1.82) is 0 Å². The number of rotatable bonds is 8. The first-order chi connectivity index (χ1) is 15.6. The Hall–Kier alpha value is -1.75. The number of para-hydroxylation sites is 1. The van der Waals surface area contributed by atoms with Crippen LogP contribution in [-0.2, 0) is 19.0 Å². The van der Waals surface area contributed by atoms with Crippen LogP contribution in [0.25, 0.3) is 0 Å². The first-order valence-corrected chi connectivity index (χ1v) is 11.8. The molecule has 33 heavy (non-hydrogen) atoms. The van der Waals surface area contributed by atoms with Gasteiger partial charge in [0.05, 0.1) is 14.6 Å². The van der Waals surface area contributed by atoms with Gasteiger partial charge in [-0.3, -0.25) is 14.9 Å². The number of benzene rings is 1. The first-order valence-electron chi connectivity index (χ1n) is 10.5. The van der Waals surface area contributed by atoms with Crippen LogP contribution in [0.5, 0.6) is 0 Å². The molecule has 4 atom stereocenters.